The second-order valence-corrected chi connectivity index (χ2v) is 7.26. The van der Waals surface area contributed by atoms with E-state index in [2.05, 4.69) is 5.32 Å². The van der Waals surface area contributed by atoms with Gasteiger partial charge in [-0.3, -0.25) is 9.59 Å². The van der Waals surface area contributed by atoms with Crippen LogP contribution in [0.5, 0.6) is 0 Å². The number of carboxylic acids is 1. The first kappa shape index (κ1) is 18.6. The fraction of sp³-hybridized carbons (Fsp3) is 0.529. The summed E-state index contributed by atoms with van der Waals surface area (Å²) in [6, 6.07) is 9.02. The molecule has 1 rings (SSSR count). The van der Waals surface area contributed by atoms with Crippen molar-refractivity contribution in [3.05, 3.63) is 35.9 Å². The highest BCUT2D eigenvalue weighted by Crippen LogP contribution is 2.24. The van der Waals surface area contributed by atoms with Crippen molar-refractivity contribution in [1.82, 2.24) is 5.32 Å². The van der Waals surface area contributed by atoms with Gasteiger partial charge in [-0.25, -0.2) is 0 Å². The molecule has 0 bridgehead atoms. The maximum absolute atomic E-state index is 12.4. The number of nitrogens with one attached hydrogen (secondary N) is 1. The molecule has 1 aromatic carbocycles. The molecule has 0 saturated carbocycles. The van der Waals surface area contributed by atoms with Crippen molar-refractivity contribution in [2.24, 2.45) is 5.92 Å². The Kier molecular flexibility index (Phi) is 6.94. The normalized spacial score (nSPS) is 15.1. The van der Waals surface area contributed by atoms with Crippen LogP contribution in [0.25, 0.3) is 0 Å². The number of aliphatic carboxylic acids is 1. The first-order chi connectivity index (χ1) is 10.3. The SMILES string of the molecule is CCSC(C(=O)NCC(C)(C(=O)O)c1ccccc1)C(C)C. The number of hydrogen-bond acceptors (Lipinski definition) is 3. The predicted molar refractivity (Wildman–Crippen MR) is 91.2 cm³/mol. The second kappa shape index (κ2) is 8.22. The van der Waals surface area contributed by atoms with Gasteiger partial charge in [-0.15, -0.1) is 11.8 Å². The van der Waals surface area contributed by atoms with Gasteiger partial charge in [0.1, 0.15) is 5.41 Å². The molecule has 22 heavy (non-hydrogen) atoms. The Morgan fingerprint density at radius 1 is 1.27 bits per heavy atom. The van der Waals surface area contributed by atoms with E-state index in [4.69, 9.17) is 0 Å². The summed E-state index contributed by atoms with van der Waals surface area (Å²) in [6.07, 6.45) is 0. The van der Waals surface area contributed by atoms with Crippen LogP contribution in [-0.2, 0) is 15.0 Å². The molecule has 0 aliphatic heterocycles. The average molecular weight is 323 g/mol. The molecule has 2 atom stereocenters. The molecule has 0 aliphatic carbocycles. The summed E-state index contributed by atoms with van der Waals surface area (Å²) in [5.74, 6) is 0.0248. The fourth-order valence-corrected chi connectivity index (χ4v) is 3.20. The van der Waals surface area contributed by atoms with Gasteiger partial charge >= 0.3 is 5.97 Å². The van der Waals surface area contributed by atoms with Crippen molar-refractivity contribution in [3.8, 4) is 0 Å². The molecule has 0 radical (unpaired) electrons. The molecule has 0 fully saturated rings. The van der Waals surface area contributed by atoms with Crippen molar-refractivity contribution in [2.75, 3.05) is 12.3 Å². The number of carbonyl (C=O) groups excluding carboxylic acids is 1. The lowest BCUT2D eigenvalue weighted by Gasteiger charge is -2.27. The summed E-state index contributed by atoms with van der Waals surface area (Å²) in [4.78, 5) is 24.1. The van der Waals surface area contributed by atoms with E-state index >= 15 is 0 Å². The van der Waals surface area contributed by atoms with Crippen molar-refractivity contribution in [2.45, 2.75) is 38.4 Å². The number of carbonyl (C=O) groups is 2. The maximum atomic E-state index is 12.4. The van der Waals surface area contributed by atoms with E-state index in [1.165, 1.54) is 0 Å². The molecular weight excluding hydrogens is 298 g/mol. The Labute approximate surface area is 136 Å². The van der Waals surface area contributed by atoms with Crippen molar-refractivity contribution in [1.29, 1.82) is 0 Å². The van der Waals surface area contributed by atoms with E-state index in [-0.39, 0.29) is 23.6 Å². The molecular formula is C17H25NO3S. The molecule has 1 aromatic rings. The van der Waals surface area contributed by atoms with Gasteiger partial charge < -0.3 is 10.4 Å². The van der Waals surface area contributed by atoms with Crippen LogP contribution in [0.3, 0.4) is 0 Å². The van der Waals surface area contributed by atoms with E-state index in [0.29, 0.717) is 5.56 Å². The summed E-state index contributed by atoms with van der Waals surface area (Å²) in [6.45, 7) is 7.74. The highest BCUT2D eigenvalue weighted by molar-refractivity contribution is 8.00. The van der Waals surface area contributed by atoms with Crippen molar-refractivity contribution in [3.63, 3.8) is 0 Å². The molecule has 5 heteroatoms. The topological polar surface area (TPSA) is 66.4 Å². The first-order valence-corrected chi connectivity index (χ1v) is 8.56. The molecule has 1 amide bonds. The third-order valence-corrected chi connectivity index (χ3v) is 5.16. The van der Waals surface area contributed by atoms with Crippen LogP contribution >= 0.6 is 11.8 Å². The van der Waals surface area contributed by atoms with Gasteiger partial charge in [-0.1, -0.05) is 51.1 Å². The molecule has 2 N–H and O–H groups in total. The van der Waals surface area contributed by atoms with Gasteiger partial charge in [0.05, 0.1) is 5.25 Å². The van der Waals surface area contributed by atoms with Crippen molar-refractivity contribution >= 4 is 23.6 Å². The van der Waals surface area contributed by atoms with E-state index < -0.39 is 11.4 Å². The minimum Gasteiger partial charge on any atom is -0.481 e. The number of rotatable bonds is 8. The monoisotopic (exact) mass is 323 g/mol. The average Bonchev–Trinajstić information content (AvgIpc) is 2.50. The summed E-state index contributed by atoms with van der Waals surface area (Å²) in [5, 5.41) is 12.3. The fourth-order valence-electron chi connectivity index (χ4n) is 2.22. The zero-order chi connectivity index (χ0) is 16.8. The van der Waals surface area contributed by atoms with Crippen LogP contribution in [0.1, 0.15) is 33.3 Å². The Morgan fingerprint density at radius 3 is 2.32 bits per heavy atom. The number of amides is 1. The summed E-state index contributed by atoms with van der Waals surface area (Å²) >= 11 is 1.59. The molecule has 4 nitrogen and oxygen atoms in total. The standard InChI is InChI=1S/C17H25NO3S/c1-5-22-14(12(2)3)15(19)18-11-17(4,16(20)21)13-9-7-6-8-10-13/h6-10,12,14H,5,11H2,1-4H3,(H,18,19)(H,20,21). The molecule has 0 spiro atoms. The lowest BCUT2D eigenvalue weighted by Crippen LogP contribution is -2.47. The third kappa shape index (κ3) is 4.50. The highest BCUT2D eigenvalue weighted by atomic mass is 32.2. The smallest absolute Gasteiger partial charge is 0.315 e. The summed E-state index contributed by atoms with van der Waals surface area (Å²) in [5.41, 5.74) is -0.443. The molecule has 0 heterocycles. The Bertz CT molecular complexity index is 504. The zero-order valence-electron chi connectivity index (χ0n) is 13.6. The number of hydrogen-bond donors (Lipinski definition) is 2. The van der Waals surface area contributed by atoms with Crippen LogP contribution in [0.4, 0.5) is 0 Å². The molecule has 0 aliphatic rings. The number of carboxylic acid groups (broad SMARTS) is 1. The van der Waals surface area contributed by atoms with E-state index in [1.54, 1.807) is 30.8 Å². The molecule has 0 aromatic heterocycles. The zero-order valence-corrected chi connectivity index (χ0v) is 14.4. The maximum Gasteiger partial charge on any atom is 0.315 e. The third-order valence-electron chi connectivity index (χ3n) is 3.71. The van der Waals surface area contributed by atoms with Crippen LogP contribution in [0, 0.1) is 5.92 Å². The van der Waals surface area contributed by atoms with Gasteiger partial charge in [-0.2, -0.15) is 0 Å². The van der Waals surface area contributed by atoms with E-state index in [9.17, 15) is 14.7 Å². The number of thioether (sulfide) groups is 1. The minimum absolute atomic E-state index is 0.0820. The van der Waals surface area contributed by atoms with Crippen LogP contribution in [0.2, 0.25) is 0 Å². The van der Waals surface area contributed by atoms with E-state index in [0.717, 1.165) is 5.75 Å². The Morgan fingerprint density at radius 2 is 1.86 bits per heavy atom. The largest absolute Gasteiger partial charge is 0.481 e. The van der Waals surface area contributed by atoms with E-state index in [1.807, 2.05) is 39.0 Å². The van der Waals surface area contributed by atoms with Gasteiger partial charge in [0.25, 0.3) is 0 Å². The summed E-state index contributed by atoms with van der Waals surface area (Å²) in [7, 11) is 0. The first-order valence-electron chi connectivity index (χ1n) is 7.51. The minimum atomic E-state index is -1.13. The summed E-state index contributed by atoms with van der Waals surface area (Å²) < 4.78 is 0. The Balaban J connectivity index is 2.85. The van der Waals surface area contributed by atoms with Crippen molar-refractivity contribution < 1.29 is 14.7 Å². The van der Waals surface area contributed by atoms with Gasteiger partial charge in [0.2, 0.25) is 5.91 Å². The molecule has 0 saturated heterocycles. The van der Waals surface area contributed by atoms with Gasteiger partial charge in [0.15, 0.2) is 0 Å². The quantitative estimate of drug-likeness (QED) is 0.772. The highest BCUT2D eigenvalue weighted by Gasteiger charge is 2.36. The van der Waals surface area contributed by atoms with Gasteiger partial charge in [-0.05, 0) is 24.2 Å². The lowest BCUT2D eigenvalue weighted by molar-refractivity contribution is -0.143. The van der Waals surface area contributed by atoms with Crippen LogP contribution < -0.4 is 5.32 Å². The number of benzene rings is 1. The van der Waals surface area contributed by atoms with Gasteiger partial charge in [0, 0.05) is 6.54 Å². The molecule has 2 unspecified atom stereocenters. The van der Waals surface area contributed by atoms with Crippen LogP contribution in [-0.4, -0.2) is 34.5 Å². The second-order valence-electron chi connectivity index (χ2n) is 5.84. The van der Waals surface area contributed by atoms with Crippen LogP contribution in [0.15, 0.2) is 30.3 Å². The predicted octanol–water partition coefficient (Wildman–Crippen LogP) is 2.92. The Hall–Kier alpha value is -1.49. The molecule has 122 valence electrons. The lowest BCUT2D eigenvalue weighted by atomic mass is 9.82.